The minimum Gasteiger partial charge on any atom is -0.455 e. The predicted molar refractivity (Wildman–Crippen MR) is 107 cm³/mol. The van der Waals surface area contributed by atoms with Gasteiger partial charge in [0.2, 0.25) is 0 Å². The Morgan fingerprint density at radius 3 is 2.93 bits per heavy atom. The summed E-state index contributed by atoms with van der Waals surface area (Å²) in [7, 11) is 0. The van der Waals surface area contributed by atoms with E-state index in [-0.39, 0.29) is 12.2 Å². The fraction of sp³-hybridized carbons (Fsp3) is 0.286. The van der Waals surface area contributed by atoms with Crippen LogP contribution in [0.4, 0.5) is 0 Å². The fourth-order valence-corrected chi connectivity index (χ4v) is 3.64. The molecule has 0 aliphatic rings. The van der Waals surface area contributed by atoms with Crippen molar-refractivity contribution >= 4 is 23.4 Å². The normalized spacial score (nSPS) is 11.4. The molecule has 0 aliphatic carbocycles. The number of ether oxygens (including phenoxy) is 1. The number of nitrogens with zero attached hydrogens (tertiary/aromatic N) is 3. The lowest BCUT2D eigenvalue weighted by molar-refractivity contribution is -0.139. The molecule has 0 unspecified atom stereocenters. The van der Waals surface area contributed by atoms with Gasteiger partial charge < -0.3 is 13.8 Å². The summed E-state index contributed by atoms with van der Waals surface area (Å²) in [4.78, 5) is 13.3. The molecule has 0 radical (unpaired) electrons. The number of carbonyl (C=O) groups is 1. The van der Waals surface area contributed by atoms with Crippen molar-refractivity contribution in [2.45, 2.75) is 40.3 Å². The van der Waals surface area contributed by atoms with Crippen LogP contribution in [0.5, 0.6) is 0 Å². The largest absolute Gasteiger partial charge is 0.455 e. The van der Waals surface area contributed by atoms with Crippen LogP contribution in [-0.2, 0) is 22.7 Å². The lowest BCUT2D eigenvalue weighted by Gasteiger charge is -2.07. The fourth-order valence-electron chi connectivity index (χ4n) is 2.97. The summed E-state index contributed by atoms with van der Waals surface area (Å²) in [6.07, 6.45) is 2.59. The number of aromatic nitrogens is 2. The average molecular weight is 395 g/mol. The van der Waals surface area contributed by atoms with Gasteiger partial charge in [-0.05, 0) is 49.4 Å². The Hall–Kier alpha value is -3.11. The second kappa shape index (κ2) is 8.72. The molecule has 0 aliphatic heterocycles. The van der Waals surface area contributed by atoms with Crippen molar-refractivity contribution in [3.8, 4) is 16.7 Å². The van der Waals surface area contributed by atoms with E-state index in [2.05, 4.69) is 16.6 Å². The van der Waals surface area contributed by atoms with E-state index < -0.39 is 5.97 Å². The van der Waals surface area contributed by atoms with Crippen LogP contribution in [0.3, 0.4) is 0 Å². The molecule has 3 aromatic heterocycles. The minimum atomic E-state index is -0.677. The molecule has 3 heterocycles. The highest BCUT2D eigenvalue weighted by atomic mass is 32.1. The molecule has 144 valence electrons. The third-order valence-electron chi connectivity index (χ3n) is 4.37. The molecule has 0 saturated heterocycles. The molecule has 0 saturated carbocycles. The maximum Gasteiger partial charge on any atom is 0.349 e. The molecule has 0 aromatic carbocycles. The number of esters is 1. The van der Waals surface area contributed by atoms with Crippen LogP contribution in [0.1, 0.15) is 36.0 Å². The second-order valence-corrected chi connectivity index (χ2v) is 7.33. The van der Waals surface area contributed by atoms with E-state index in [4.69, 9.17) is 9.26 Å². The molecule has 6 nitrogen and oxygen atoms in total. The van der Waals surface area contributed by atoms with Gasteiger partial charge in [0.25, 0.3) is 0 Å². The van der Waals surface area contributed by atoms with Crippen molar-refractivity contribution < 1.29 is 14.1 Å². The summed E-state index contributed by atoms with van der Waals surface area (Å²) >= 11 is 1.54. The summed E-state index contributed by atoms with van der Waals surface area (Å²) < 4.78 is 12.7. The van der Waals surface area contributed by atoms with Crippen LogP contribution in [0, 0.1) is 25.2 Å². The first-order valence-corrected chi connectivity index (χ1v) is 9.86. The van der Waals surface area contributed by atoms with E-state index in [1.54, 1.807) is 12.1 Å². The summed E-state index contributed by atoms with van der Waals surface area (Å²) in [6.45, 7) is 6.95. The molecule has 0 atom stereocenters. The van der Waals surface area contributed by atoms with Crippen LogP contribution in [0.25, 0.3) is 16.7 Å². The quantitative estimate of drug-likeness (QED) is 0.323. The molecule has 7 heteroatoms. The summed E-state index contributed by atoms with van der Waals surface area (Å²) in [5.74, 6) is -0.0519. The molecule has 3 rings (SSSR count). The number of hydrogen-bond donors (Lipinski definition) is 0. The van der Waals surface area contributed by atoms with Gasteiger partial charge in [0.15, 0.2) is 5.76 Å². The van der Waals surface area contributed by atoms with Gasteiger partial charge in [-0.1, -0.05) is 18.1 Å². The monoisotopic (exact) mass is 395 g/mol. The topological polar surface area (TPSA) is 81.0 Å². The highest BCUT2D eigenvalue weighted by Gasteiger charge is 2.15. The lowest BCUT2D eigenvalue weighted by Crippen LogP contribution is -2.07. The second-order valence-electron chi connectivity index (χ2n) is 6.38. The van der Waals surface area contributed by atoms with Crippen LogP contribution >= 0.6 is 11.3 Å². The number of carbonyl (C=O) groups excluding carboxylic acids is 1. The number of hydrogen-bond acceptors (Lipinski definition) is 6. The zero-order valence-electron chi connectivity index (χ0n) is 16.1. The summed E-state index contributed by atoms with van der Waals surface area (Å²) in [6, 6.07) is 9.48. The van der Waals surface area contributed by atoms with Gasteiger partial charge in [0.05, 0.1) is 4.88 Å². The Bertz CT molecular complexity index is 1040. The molecule has 3 aromatic rings. The van der Waals surface area contributed by atoms with Gasteiger partial charge in [-0.25, -0.2) is 4.79 Å². The van der Waals surface area contributed by atoms with E-state index in [1.165, 1.54) is 11.3 Å². The highest BCUT2D eigenvalue weighted by molar-refractivity contribution is 7.13. The van der Waals surface area contributed by atoms with Crippen molar-refractivity contribution in [1.82, 2.24) is 9.72 Å². The van der Waals surface area contributed by atoms with Crippen molar-refractivity contribution in [2.24, 2.45) is 0 Å². The first-order chi connectivity index (χ1) is 13.5. The molecule has 28 heavy (non-hydrogen) atoms. The van der Waals surface area contributed by atoms with Crippen molar-refractivity contribution in [3.05, 3.63) is 57.9 Å². The molecule has 0 spiro atoms. The Morgan fingerprint density at radius 1 is 1.43 bits per heavy atom. The predicted octanol–water partition coefficient (Wildman–Crippen LogP) is 4.88. The SMILES string of the molecule is CCCn1c(C)cc(/C=C(\C#N)C(=O)OCc2cc(-c3cccs3)on2)c1C. The van der Waals surface area contributed by atoms with Crippen LogP contribution in [0.15, 0.2) is 39.7 Å². The summed E-state index contributed by atoms with van der Waals surface area (Å²) in [5.41, 5.74) is 3.42. The van der Waals surface area contributed by atoms with Crippen LogP contribution < -0.4 is 0 Å². The molecule has 0 amide bonds. The molecule has 0 fully saturated rings. The molecule has 0 bridgehead atoms. The van der Waals surface area contributed by atoms with Crippen molar-refractivity contribution in [1.29, 1.82) is 5.26 Å². The molecular weight excluding hydrogens is 374 g/mol. The van der Waals surface area contributed by atoms with Crippen LogP contribution in [-0.4, -0.2) is 15.7 Å². The summed E-state index contributed by atoms with van der Waals surface area (Å²) in [5, 5.41) is 15.3. The van der Waals surface area contributed by atoms with Gasteiger partial charge >= 0.3 is 5.97 Å². The molecule has 0 N–H and O–H groups in total. The smallest absolute Gasteiger partial charge is 0.349 e. The van der Waals surface area contributed by atoms with Crippen LogP contribution in [0.2, 0.25) is 0 Å². The standard InChI is InChI=1S/C21H21N3O3S/c1-4-7-24-14(2)9-16(15(24)3)10-17(12-22)21(25)26-13-18-11-19(27-23-18)20-6-5-8-28-20/h5-6,8-11H,4,7,13H2,1-3H3/b17-10+. The zero-order valence-corrected chi connectivity index (χ0v) is 16.9. The van der Waals surface area contributed by atoms with E-state index in [0.717, 1.165) is 34.8 Å². The van der Waals surface area contributed by atoms with E-state index in [1.807, 2.05) is 43.5 Å². The minimum absolute atomic E-state index is 0.0428. The van der Waals surface area contributed by atoms with Crippen molar-refractivity contribution in [2.75, 3.05) is 0 Å². The number of aryl methyl sites for hydroxylation is 1. The van der Waals surface area contributed by atoms with E-state index >= 15 is 0 Å². The van der Waals surface area contributed by atoms with Gasteiger partial charge in [-0.2, -0.15) is 5.26 Å². The maximum atomic E-state index is 12.3. The average Bonchev–Trinajstić information content (AvgIpc) is 3.42. The highest BCUT2D eigenvalue weighted by Crippen LogP contribution is 2.25. The van der Waals surface area contributed by atoms with Gasteiger partial charge in [-0.15, -0.1) is 11.3 Å². The number of thiophene rings is 1. The number of rotatable bonds is 7. The van der Waals surface area contributed by atoms with Gasteiger partial charge in [-0.3, -0.25) is 0 Å². The third-order valence-corrected chi connectivity index (χ3v) is 5.26. The zero-order chi connectivity index (χ0) is 20.1. The third kappa shape index (κ3) is 4.24. The first kappa shape index (κ1) is 19.6. The van der Waals surface area contributed by atoms with Gasteiger partial charge in [0.1, 0.15) is 23.9 Å². The molecular formula is C21H21N3O3S. The number of nitriles is 1. The van der Waals surface area contributed by atoms with Crippen molar-refractivity contribution in [3.63, 3.8) is 0 Å². The Morgan fingerprint density at radius 2 is 2.25 bits per heavy atom. The van der Waals surface area contributed by atoms with E-state index in [0.29, 0.717) is 11.5 Å². The van der Waals surface area contributed by atoms with E-state index in [9.17, 15) is 10.1 Å². The maximum absolute atomic E-state index is 12.3. The lowest BCUT2D eigenvalue weighted by atomic mass is 10.1. The Kier molecular flexibility index (Phi) is 6.12. The van der Waals surface area contributed by atoms with Gasteiger partial charge in [0, 0.05) is 24.0 Å². The Balaban J connectivity index is 1.70. The Labute approximate surface area is 167 Å². The first-order valence-electron chi connectivity index (χ1n) is 8.98.